The van der Waals surface area contributed by atoms with Crippen molar-refractivity contribution in [1.82, 2.24) is 0 Å². The van der Waals surface area contributed by atoms with Crippen molar-refractivity contribution < 1.29 is 13.5 Å². The fourth-order valence-electron chi connectivity index (χ4n) is 2.46. The Morgan fingerprint density at radius 3 is 2.61 bits per heavy atom. The lowest BCUT2D eigenvalue weighted by molar-refractivity contribution is 0.0466. The van der Waals surface area contributed by atoms with Crippen LogP contribution in [-0.2, 0) is 9.84 Å². The Morgan fingerprint density at radius 2 is 2.11 bits per heavy atom. The summed E-state index contributed by atoms with van der Waals surface area (Å²) in [6.45, 7) is 0.161. The van der Waals surface area contributed by atoms with Crippen LogP contribution in [0.25, 0.3) is 0 Å². The number of aliphatic hydroxyl groups is 1. The van der Waals surface area contributed by atoms with E-state index in [1.807, 2.05) is 18.2 Å². The molecule has 0 amide bonds. The molecule has 1 aliphatic rings. The molecule has 0 radical (unpaired) electrons. The van der Waals surface area contributed by atoms with Gasteiger partial charge in [-0.05, 0) is 18.1 Å². The molecule has 2 rings (SSSR count). The first-order chi connectivity index (χ1) is 8.40. The Kier molecular flexibility index (Phi) is 3.82. The van der Waals surface area contributed by atoms with E-state index in [2.05, 4.69) is 15.9 Å². The molecule has 1 aromatic carbocycles. The second-order valence-electron chi connectivity index (χ2n) is 4.83. The number of benzene rings is 1. The highest BCUT2D eigenvalue weighted by Gasteiger charge is 2.47. The quantitative estimate of drug-likeness (QED) is 0.872. The van der Waals surface area contributed by atoms with Gasteiger partial charge in [0.05, 0.1) is 17.6 Å². The molecule has 0 saturated carbocycles. The first-order valence-electron chi connectivity index (χ1n) is 5.73. The van der Waals surface area contributed by atoms with Crippen LogP contribution in [0.4, 0.5) is 0 Å². The molecule has 6 heteroatoms. The van der Waals surface area contributed by atoms with Gasteiger partial charge in [-0.1, -0.05) is 34.1 Å². The molecule has 4 nitrogen and oxygen atoms in total. The van der Waals surface area contributed by atoms with Crippen LogP contribution < -0.4 is 5.73 Å². The minimum Gasteiger partial charge on any atom is -0.388 e. The fourth-order valence-corrected chi connectivity index (χ4v) is 5.12. The lowest BCUT2D eigenvalue weighted by Gasteiger charge is -2.32. The second-order valence-corrected chi connectivity index (χ2v) is 7.87. The van der Waals surface area contributed by atoms with Crippen molar-refractivity contribution in [2.24, 2.45) is 11.1 Å². The van der Waals surface area contributed by atoms with Gasteiger partial charge in [-0.3, -0.25) is 0 Å². The third-order valence-corrected chi connectivity index (χ3v) is 6.17. The van der Waals surface area contributed by atoms with Crippen LogP contribution in [0.3, 0.4) is 0 Å². The number of hydrogen-bond donors (Lipinski definition) is 2. The molecule has 0 aliphatic carbocycles. The van der Waals surface area contributed by atoms with Crippen LogP contribution in [0.1, 0.15) is 18.1 Å². The van der Waals surface area contributed by atoms with Crippen LogP contribution in [0.15, 0.2) is 28.7 Å². The largest absolute Gasteiger partial charge is 0.388 e. The first kappa shape index (κ1) is 14.0. The molecule has 1 fully saturated rings. The number of hydrogen-bond acceptors (Lipinski definition) is 4. The Morgan fingerprint density at radius 1 is 1.44 bits per heavy atom. The summed E-state index contributed by atoms with van der Waals surface area (Å²) in [6, 6.07) is 7.28. The van der Waals surface area contributed by atoms with Gasteiger partial charge < -0.3 is 10.8 Å². The molecule has 0 spiro atoms. The fraction of sp³-hybridized carbons (Fsp3) is 0.500. The topological polar surface area (TPSA) is 80.4 Å². The first-order valence-corrected chi connectivity index (χ1v) is 8.35. The average Bonchev–Trinajstić information content (AvgIpc) is 2.66. The predicted molar refractivity (Wildman–Crippen MR) is 73.9 cm³/mol. The van der Waals surface area contributed by atoms with Gasteiger partial charge in [0.2, 0.25) is 0 Å². The zero-order chi connectivity index (χ0) is 13.4. The normalized spacial score (nSPS) is 28.2. The minimum atomic E-state index is -3.09. The van der Waals surface area contributed by atoms with Crippen LogP contribution in [0.5, 0.6) is 0 Å². The van der Waals surface area contributed by atoms with Crippen LogP contribution in [-0.4, -0.2) is 31.6 Å². The molecule has 1 heterocycles. The summed E-state index contributed by atoms with van der Waals surface area (Å²) in [6.07, 6.45) is -0.454. The van der Waals surface area contributed by atoms with E-state index in [0.29, 0.717) is 12.0 Å². The maximum Gasteiger partial charge on any atom is 0.151 e. The average molecular weight is 334 g/mol. The Hall–Kier alpha value is -0.430. The zero-order valence-corrected chi connectivity index (χ0v) is 12.2. The highest BCUT2D eigenvalue weighted by Crippen LogP contribution is 2.44. The van der Waals surface area contributed by atoms with Gasteiger partial charge in [0, 0.05) is 16.4 Å². The van der Waals surface area contributed by atoms with Crippen molar-refractivity contribution >= 4 is 25.8 Å². The SMILES string of the molecule is NCC1(C(O)c2ccccc2Br)CCS(=O)(=O)C1. The molecular formula is C12H16BrNO3S. The van der Waals surface area contributed by atoms with Gasteiger partial charge in [0.25, 0.3) is 0 Å². The summed E-state index contributed by atoms with van der Waals surface area (Å²) in [5, 5.41) is 10.5. The summed E-state index contributed by atoms with van der Waals surface area (Å²) in [7, 11) is -3.09. The maximum absolute atomic E-state index is 11.6. The van der Waals surface area contributed by atoms with Gasteiger partial charge in [-0.2, -0.15) is 0 Å². The monoisotopic (exact) mass is 333 g/mol. The van der Waals surface area contributed by atoms with E-state index in [9.17, 15) is 13.5 Å². The van der Waals surface area contributed by atoms with Crippen LogP contribution in [0.2, 0.25) is 0 Å². The number of halogens is 1. The molecule has 3 N–H and O–H groups in total. The lowest BCUT2D eigenvalue weighted by atomic mass is 9.78. The van der Waals surface area contributed by atoms with Crippen molar-refractivity contribution in [2.75, 3.05) is 18.1 Å². The van der Waals surface area contributed by atoms with E-state index in [1.54, 1.807) is 6.07 Å². The lowest BCUT2D eigenvalue weighted by Crippen LogP contribution is -2.38. The van der Waals surface area contributed by atoms with Crippen LogP contribution in [0, 0.1) is 5.41 Å². The highest BCUT2D eigenvalue weighted by atomic mass is 79.9. The number of sulfone groups is 1. The molecule has 1 saturated heterocycles. The standard InChI is InChI=1S/C12H16BrNO3S/c13-10-4-2-1-3-9(10)11(15)12(7-14)5-6-18(16,17)8-12/h1-4,11,15H,5-8,14H2. The minimum absolute atomic E-state index is 0.0427. The maximum atomic E-state index is 11.6. The third-order valence-electron chi connectivity index (χ3n) is 3.60. The molecular weight excluding hydrogens is 318 g/mol. The molecule has 2 unspecified atom stereocenters. The van der Waals surface area contributed by atoms with E-state index >= 15 is 0 Å². The number of rotatable bonds is 3. The molecule has 0 bridgehead atoms. The van der Waals surface area contributed by atoms with Crippen molar-refractivity contribution in [3.63, 3.8) is 0 Å². The van der Waals surface area contributed by atoms with Gasteiger partial charge >= 0.3 is 0 Å². The smallest absolute Gasteiger partial charge is 0.151 e. The van der Waals surface area contributed by atoms with Crippen molar-refractivity contribution in [3.8, 4) is 0 Å². The number of nitrogens with two attached hydrogens (primary N) is 1. The van der Waals surface area contributed by atoms with E-state index in [0.717, 1.165) is 4.47 Å². The highest BCUT2D eigenvalue weighted by molar-refractivity contribution is 9.10. The van der Waals surface area contributed by atoms with Crippen molar-refractivity contribution in [2.45, 2.75) is 12.5 Å². The Bertz CT molecular complexity index is 546. The zero-order valence-electron chi connectivity index (χ0n) is 9.84. The van der Waals surface area contributed by atoms with E-state index in [-0.39, 0.29) is 18.1 Å². The molecule has 2 atom stereocenters. The molecule has 0 aromatic heterocycles. The molecule has 100 valence electrons. The summed E-state index contributed by atoms with van der Waals surface area (Å²) in [5.74, 6) is 0.0602. The predicted octanol–water partition coefficient (Wildman–Crippen LogP) is 1.25. The van der Waals surface area contributed by atoms with Crippen molar-refractivity contribution in [3.05, 3.63) is 34.3 Å². The molecule has 1 aromatic rings. The molecule has 18 heavy (non-hydrogen) atoms. The Labute approximate surface area is 115 Å². The van der Waals surface area contributed by atoms with E-state index in [1.165, 1.54) is 0 Å². The summed E-state index contributed by atoms with van der Waals surface area (Å²) >= 11 is 3.38. The number of aliphatic hydroxyl groups excluding tert-OH is 1. The van der Waals surface area contributed by atoms with E-state index in [4.69, 9.17) is 5.73 Å². The second kappa shape index (κ2) is 4.92. The Balaban J connectivity index is 2.38. The van der Waals surface area contributed by atoms with Crippen LogP contribution >= 0.6 is 15.9 Å². The van der Waals surface area contributed by atoms with Crippen molar-refractivity contribution in [1.29, 1.82) is 0 Å². The van der Waals surface area contributed by atoms with Gasteiger partial charge in [0.1, 0.15) is 0 Å². The summed E-state index contributed by atoms with van der Waals surface area (Å²) in [5.41, 5.74) is 5.67. The van der Waals surface area contributed by atoms with Gasteiger partial charge in [-0.25, -0.2) is 8.42 Å². The third kappa shape index (κ3) is 2.47. The van der Waals surface area contributed by atoms with E-state index < -0.39 is 21.4 Å². The van der Waals surface area contributed by atoms with Gasteiger partial charge in [0.15, 0.2) is 9.84 Å². The summed E-state index contributed by atoms with van der Waals surface area (Å²) < 4.78 is 24.1. The van der Waals surface area contributed by atoms with Gasteiger partial charge in [-0.15, -0.1) is 0 Å². The summed E-state index contributed by atoms with van der Waals surface area (Å²) in [4.78, 5) is 0. The molecule has 1 aliphatic heterocycles.